The highest BCUT2D eigenvalue weighted by Gasteiger charge is 2.25. The Labute approximate surface area is 87.7 Å². The van der Waals surface area contributed by atoms with Gasteiger partial charge < -0.3 is 10.6 Å². The Balaban J connectivity index is 2.01. The molecule has 80 valence electrons. The summed E-state index contributed by atoms with van der Waals surface area (Å²) in [6.07, 6.45) is -0.443. The van der Waals surface area contributed by atoms with Crippen molar-refractivity contribution in [2.45, 2.75) is 12.6 Å². The fourth-order valence-corrected chi connectivity index (χ4v) is 1.66. The number of carbonyl (C=O) groups excluding carboxylic acids is 1. The summed E-state index contributed by atoms with van der Waals surface area (Å²) in [5.74, 6) is -0.337. The van der Waals surface area contributed by atoms with Crippen LogP contribution in [0.4, 0.5) is 10.1 Å². The molecule has 2 rings (SSSR count). The van der Waals surface area contributed by atoms with Gasteiger partial charge in [0.1, 0.15) is 6.17 Å². The predicted molar refractivity (Wildman–Crippen MR) is 56.4 cm³/mol. The Morgan fingerprint density at radius 2 is 2.00 bits per heavy atom. The molecule has 1 aliphatic rings. The van der Waals surface area contributed by atoms with E-state index in [4.69, 9.17) is 5.73 Å². The minimum Gasteiger partial charge on any atom is -0.369 e. The van der Waals surface area contributed by atoms with Crippen LogP contribution in [-0.4, -0.2) is 25.2 Å². The molecule has 0 radical (unpaired) electrons. The zero-order valence-corrected chi connectivity index (χ0v) is 8.32. The van der Waals surface area contributed by atoms with Crippen molar-refractivity contribution in [2.75, 3.05) is 18.0 Å². The smallest absolute Gasteiger partial charge is 0.221 e. The Morgan fingerprint density at radius 1 is 1.40 bits per heavy atom. The van der Waals surface area contributed by atoms with E-state index < -0.39 is 6.17 Å². The van der Waals surface area contributed by atoms with Crippen molar-refractivity contribution in [1.82, 2.24) is 0 Å². The topological polar surface area (TPSA) is 46.3 Å². The first-order valence-electron chi connectivity index (χ1n) is 4.91. The van der Waals surface area contributed by atoms with E-state index in [1.807, 2.05) is 29.2 Å². The van der Waals surface area contributed by atoms with Crippen molar-refractivity contribution < 1.29 is 9.18 Å². The highest BCUT2D eigenvalue weighted by molar-refractivity contribution is 5.76. The number of nitrogens with zero attached hydrogens (tertiary/aromatic N) is 1. The maximum absolute atomic E-state index is 12.6. The Morgan fingerprint density at radius 3 is 2.47 bits per heavy atom. The molecule has 0 aromatic heterocycles. The minimum absolute atomic E-state index is 0.256. The van der Waals surface area contributed by atoms with E-state index in [1.165, 1.54) is 0 Å². The van der Waals surface area contributed by atoms with Gasteiger partial charge in [0, 0.05) is 5.69 Å². The Kier molecular flexibility index (Phi) is 2.58. The molecule has 0 spiro atoms. The first-order chi connectivity index (χ1) is 7.15. The molecular formula is C11H13FN2O. The van der Waals surface area contributed by atoms with Gasteiger partial charge in [0.2, 0.25) is 5.91 Å². The van der Waals surface area contributed by atoms with Crippen LogP contribution in [0.15, 0.2) is 24.3 Å². The molecule has 0 aliphatic carbocycles. The van der Waals surface area contributed by atoms with Crippen molar-refractivity contribution in [3.63, 3.8) is 0 Å². The molecule has 1 aliphatic heterocycles. The molecule has 1 saturated heterocycles. The second-order valence-corrected chi connectivity index (χ2v) is 3.81. The third-order valence-electron chi connectivity index (χ3n) is 2.52. The number of primary amides is 1. The maximum atomic E-state index is 12.6. The molecule has 0 saturated carbocycles. The summed E-state index contributed by atoms with van der Waals surface area (Å²) < 4.78 is 12.6. The first kappa shape index (κ1) is 9.96. The number of amides is 1. The zero-order chi connectivity index (χ0) is 10.8. The van der Waals surface area contributed by atoms with E-state index >= 15 is 0 Å². The molecule has 1 fully saturated rings. The standard InChI is InChI=1S/C11H13FN2O/c12-9-6-14(7-9)10-3-1-8(2-4-10)5-11(13)15/h1-4,9H,5-7H2,(H2,13,15). The summed E-state index contributed by atoms with van der Waals surface area (Å²) in [7, 11) is 0. The van der Waals surface area contributed by atoms with Crippen LogP contribution in [0.5, 0.6) is 0 Å². The van der Waals surface area contributed by atoms with Crippen molar-refractivity contribution in [1.29, 1.82) is 0 Å². The number of hydrogen-bond acceptors (Lipinski definition) is 2. The SMILES string of the molecule is NC(=O)Cc1ccc(N2CC(F)C2)cc1. The number of carbonyl (C=O) groups is 1. The number of anilines is 1. The summed E-state index contributed by atoms with van der Waals surface area (Å²) in [6.45, 7) is 0.935. The first-order valence-corrected chi connectivity index (χ1v) is 4.91. The second kappa shape index (κ2) is 3.88. The highest BCUT2D eigenvalue weighted by Crippen LogP contribution is 2.22. The predicted octanol–water partition coefficient (Wildman–Crippen LogP) is 0.872. The number of benzene rings is 1. The van der Waals surface area contributed by atoms with Gasteiger partial charge in [-0.15, -0.1) is 0 Å². The van der Waals surface area contributed by atoms with E-state index in [9.17, 15) is 9.18 Å². The third-order valence-corrected chi connectivity index (χ3v) is 2.52. The molecule has 0 atom stereocenters. The van der Waals surface area contributed by atoms with Crippen molar-refractivity contribution in [2.24, 2.45) is 5.73 Å². The van der Waals surface area contributed by atoms with Crippen LogP contribution in [0.2, 0.25) is 0 Å². The molecule has 1 aromatic carbocycles. The molecule has 2 N–H and O–H groups in total. The lowest BCUT2D eigenvalue weighted by Gasteiger charge is -2.36. The largest absolute Gasteiger partial charge is 0.369 e. The third kappa shape index (κ3) is 2.26. The van der Waals surface area contributed by atoms with Crippen molar-refractivity contribution in [3.05, 3.63) is 29.8 Å². The Hall–Kier alpha value is -1.58. The van der Waals surface area contributed by atoms with Gasteiger partial charge in [-0.05, 0) is 17.7 Å². The van der Waals surface area contributed by atoms with Crippen LogP contribution >= 0.6 is 0 Å². The van der Waals surface area contributed by atoms with Gasteiger partial charge in [0.05, 0.1) is 19.5 Å². The van der Waals surface area contributed by atoms with Gasteiger partial charge >= 0.3 is 0 Å². The monoisotopic (exact) mass is 208 g/mol. The van der Waals surface area contributed by atoms with Gasteiger partial charge in [-0.2, -0.15) is 0 Å². The second-order valence-electron chi connectivity index (χ2n) is 3.81. The molecule has 1 aromatic rings. The lowest BCUT2D eigenvalue weighted by Crippen LogP contribution is -2.48. The van der Waals surface area contributed by atoms with E-state index in [0.717, 1.165) is 11.3 Å². The van der Waals surface area contributed by atoms with Gasteiger partial charge in [-0.1, -0.05) is 12.1 Å². The van der Waals surface area contributed by atoms with Crippen LogP contribution in [0.1, 0.15) is 5.56 Å². The molecule has 15 heavy (non-hydrogen) atoms. The van der Waals surface area contributed by atoms with Gasteiger partial charge in [-0.25, -0.2) is 4.39 Å². The van der Waals surface area contributed by atoms with Crippen molar-refractivity contribution >= 4 is 11.6 Å². The summed E-state index contributed by atoms with van der Waals surface area (Å²) >= 11 is 0. The van der Waals surface area contributed by atoms with Crippen LogP contribution in [0.3, 0.4) is 0 Å². The quantitative estimate of drug-likeness (QED) is 0.801. The van der Waals surface area contributed by atoms with Crippen LogP contribution in [-0.2, 0) is 11.2 Å². The van der Waals surface area contributed by atoms with E-state index in [-0.39, 0.29) is 12.3 Å². The zero-order valence-electron chi connectivity index (χ0n) is 8.32. The van der Waals surface area contributed by atoms with Gasteiger partial charge in [0.15, 0.2) is 0 Å². The molecule has 3 nitrogen and oxygen atoms in total. The number of alkyl halides is 1. The molecule has 0 unspecified atom stereocenters. The van der Waals surface area contributed by atoms with Gasteiger partial charge in [-0.3, -0.25) is 4.79 Å². The highest BCUT2D eigenvalue weighted by atomic mass is 19.1. The van der Waals surface area contributed by atoms with Crippen LogP contribution < -0.4 is 10.6 Å². The number of halogens is 1. The number of hydrogen-bond donors (Lipinski definition) is 1. The van der Waals surface area contributed by atoms with Crippen LogP contribution in [0, 0.1) is 0 Å². The lowest BCUT2D eigenvalue weighted by molar-refractivity contribution is -0.117. The summed E-state index contributed by atoms with van der Waals surface area (Å²) in [6, 6.07) is 7.49. The van der Waals surface area contributed by atoms with Crippen LogP contribution in [0.25, 0.3) is 0 Å². The summed E-state index contributed by atoms with van der Waals surface area (Å²) in [5.41, 5.74) is 6.97. The molecule has 1 amide bonds. The Bertz CT molecular complexity index is 357. The average molecular weight is 208 g/mol. The normalized spacial score (nSPS) is 16.2. The summed E-state index contributed by atoms with van der Waals surface area (Å²) in [5, 5.41) is 0. The molecular weight excluding hydrogens is 195 g/mol. The maximum Gasteiger partial charge on any atom is 0.221 e. The van der Waals surface area contributed by atoms with Gasteiger partial charge in [0.25, 0.3) is 0 Å². The number of rotatable bonds is 3. The van der Waals surface area contributed by atoms with E-state index in [2.05, 4.69) is 0 Å². The fourth-order valence-electron chi connectivity index (χ4n) is 1.66. The fraction of sp³-hybridized carbons (Fsp3) is 0.364. The lowest BCUT2D eigenvalue weighted by atomic mass is 10.1. The van der Waals surface area contributed by atoms with Crippen molar-refractivity contribution in [3.8, 4) is 0 Å². The average Bonchev–Trinajstić information content (AvgIpc) is 2.14. The molecule has 0 bridgehead atoms. The van der Waals surface area contributed by atoms with E-state index in [1.54, 1.807) is 0 Å². The number of nitrogens with two attached hydrogens (primary N) is 1. The summed E-state index contributed by atoms with van der Waals surface area (Å²) in [4.78, 5) is 12.6. The molecule has 1 heterocycles. The minimum atomic E-state index is -0.699. The van der Waals surface area contributed by atoms with E-state index in [0.29, 0.717) is 13.1 Å². The molecule has 4 heteroatoms.